The van der Waals surface area contributed by atoms with E-state index in [9.17, 15) is 14.4 Å². The van der Waals surface area contributed by atoms with E-state index in [1.165, 1.54) is 10.4 Å². The van der Waals surface area contributed by atoms with Gasteiger partial charge in [0.25, 0.3) is 5.56 Å². The molecule has 7 nitrogen and oxygen atoms in total. The van der Waals surface area contributed by atoms with Crippen molar-refractivity contribution in [2.75, 3.05) is 13.1 Å². The van der Waals surface area contributed by atoms with E-state index in [2.05, 4.69) is 15.3 Å². The molecule has 5 rings (SSSR count). The summed E-state index contributed by atoms with van der Waals surface area (Å²) in [5, 5.41) is 3.73. The SMILES string of the molecule is O=C(NC1CC1)C1CN(C(=O)CCc2nc3sc4c(c3c(=O)[nH]2)CCC4)C1. The molecule has 0 radical (unpaired) electrons. The highest BCUT2D eigenvalue weighted by Crippen LogP contribution is 2.34. The van der Waals surface area contributed by atoms with Gasteiger partial charge in [-0.05, 0) is 37.7 Å². The van der Waals surface area contributed by atoms with Gasteiger partial charge < -0.3 is 15.2 Å². The second-order valence-electron chi connectivity index (χ2n) is 7.83. The summed E-state index contributed by atoms with van der Waals surface area (Å²) < 4.78 is 0. The van der Waals surface area contributed by atoms with Crippen molar-refractivity contribution in [3.05, 3.63) is 26.6 Å². The van der Waals surface area contributed by atoms with E-state index in [4.69, 9.17) is 0 Å². The van der Waals surface area contributed by atoms with Crippen molar-refractivity contribution < 1.29 is 9.59 Å². The topological polar surface area (TPSA) is 95.2 Å². The maximum Gasteiger partial charge on any atom is 0.259 e. The number of aryl methyl sites for hydroxylation is 3. The highest BCUT2D eigenvalue weighted by molar-refractivity contribution is 7.18. The summed E-state index contributed by atoms with van der Waals surface area (Å²) >= 11 is 1.61. The minimum atomic E-state index is -0.0809. The number of likely N-dealkylation sites (tertiary alicyclic amines) is 1. The summed E-state index contributed by atoms with van der Waals surface area (Å²) in [6, 6.07) is 0.360. The fourth-order valence-corrected chi connectivity index (χ4v) is 5.22. The van der Waals surface area contributed by atoms with Crippen LogP contribution in [-0.4, -0.2) is 45.8 Å². The van der Waals surface area contributed by atoms with Crippen LogP contribution in [0.1, 0.15) is 41.9 Å². The molecule has 1 saturated carbocycles. The number of H-pyrrole nitrogens is 1. The Labute approximate surface area is 160 Å². The maximum absolute atomic E-state index is 12.4. The van der Waals surface area contributed by atoms with Crippen molar-refractivity contribution in [3.8, 4) is 0 Å². The van der Waals surface area contributed by atoms with E-state index in [0.29, 0.717) is 37.8 Å². The Bertz CT molecular complexity index is 985. The van der Waals surface area contributed by atoms with Crippen molar-refractivity contribution in [1.82, 2.24) is 20.2 Å². The molecule has 0 atom stereocenters. The van der Waals surface area contributed by atoms with Crippen LogP contribution < -0.4 is 10.9 Å². The molecule has 0 bridgehead atoms. The first-order chi connectivity index (χ1) is 13.1. The maximum atomic E-state index is 12.4. The number of amides is 2. The average Bonchev–Trinajstić information content (AvgIpc) is 3.15. The molecular weight excluding hydrogens is 364 g/mol. The monoisotopic (exact) mass is 386 g/mol. The van der Waals surface area contributed by atoms with Crippen LogP contribution in [0, 0.1) is 5.92 Å². The number of fused-ring (bicyclic) bond motifs is 3. The number of thiophene rings is 1. The van der Waals surface area contributed by atoms with Crippen molar-refractivity contribution in [3.63, 3.8) is 0 Å². The van der Waals surface area contributed by atoms with Gasteiger partial charge in [0.05, 0.1) is 11.3 Å². The van der Waals surface area contributed by atoms with Gasteiger partial charge in [-0.2, -0.15) is 0 Å². The fourth-order valence-electron chi connectivity index (χ4n) is 3.94. The van der Waals surface area contributed by atoms with Crippen LogP contribution in [0.15, 0.2) is 4.79 Å². The van der Waals surface area contributed by atoms with Crippen molar-refractivity contribution >= 4 is 33.4 Å². The molecule has 2 amide bonds. The Morgan fingerprint density at radius 3 is 2.85 bits per heavy atom. The molecule has 1 saturated heterocycles. The van der Waals surface area contributed by atoms with Crippen molar-refractivity contribution in [2.24, 2.45) is 5.92 Å². The second-order valence-corrected chi connectivity index (χ2v) is 8.91. The molecule has 0 aromatic carbocycles. The summed E-state index contributed by atoms with van der Waals surface area (Å²) in [5.74, 6) is 0.590. The normalized spacial score (nSPS) is 19.2. The largest absolute Gasteiger partial charge is 0.353 e. The van der Waals surface area contributed by atoms with Crippen LogP contribution in [0.2, 0.25) is 0 Å². The minimum Gasteiger partial charge on any atom is -0.353 e. The van der Waals surface area contributed by atoms with Crippen LogP contribution >= 0.6 is 11.3 Å². The molecule has 8 heteroatoms. The molecule has 27 heavy (non-hydrogen) atoms. The van der Waals surface area contributed by atoms with Gasteiger partial charge in [0, 0.05) is 36.9 Å². The Kier molecular flexibility index (Phi) is 4.03. The van der Waals surface area contributed by atoms with E-state index < -0.39 is 0 Å². The smallest absolute Gasteiger partial charge is 0.259 e. The lowest BCUT2D eigenvalue weighted by Crippen LogP contribution is -2.56. The molecule has 1 aliphatic heterocycles. The fraction of sp³-hybridized carbons (Fsp3) is 0.579. The number of nitrogens with one attached hydrogen (secondary N) is 2. The van der Waals surface area contributed by atoms with Crippen molar-refractivity contribution in [1.29, 1.82) is 0 Å². The number of aromatic amines is 1. The number of rotatable bonds is 5. The highest BCUT2D eigenvalue weighted by Gasteiger charge is 2.37. The van der Waals surface area contributed by atoms with Gasteiger partial charge in [-0.25, -0.2) is 4.98 Å². The molecule has 2 aliphatic carbocycles. The zero-order valence-electron chi connectivity index (χ0n) is 15.0. The summed E-state index contributed by atoms with van der Waals surface area (Å²) in [7, 11) is 0. The Hall–Kier alpha value is -2.22. The third kappa shape index (κ3) is 3.16. The van der Waals surface area contributed by atoms with E-state index in [1.807, 2.05) is 0 Å². The Morgan fingerprint density at radius 1 is 1.26 bits per heavy atom. The molecule has 2 aromatic heterocycles. The Balaban J connectivity index is 1.19. The molecule has 3 aliphatic rings. The van der Waals surface area contributed by atoms with Crippen LogP contribution in [-0.2, 0) is 28.9 Å². The van der Waals surface area contributed by atoms with Gasteiger partial charge in [-0.1, -0.05) is 0 Å². The summed E-state index contributed by atoms with van der Waals surface area (Å²) in [4.78, 5) is 48.0. The first-order valence-electron chi connectivity index (χ1n) is 9.70. The lowest BCUT2D eigenvalue weighted by atomic mass is 9.98. The standard InChI is InChI=1S/C19H22N4O3S/c24-15(23-8-10(9-23)17(25)20-11-4-5-11)7-6-14-21-18(26)16-12-2-1-3-13(12)27-19(16)22-14/h10-11H,1-9H2,(H,20,25)(H,21,22,26). The molecule has 2 fully saturated rings. The summed E-state index contributed by atoms with van der Waals surface area (Å²) in [6.45, 7) is 0.996. The lowest BCUT2D eigenvalue weighted by molar-refractivity contribution is -0.143. The van der Waals surface area contributed by atoms with E-state index >= 15 is 0 Å². The first-order valence-corrected chi connectivity index (χ1v) is 10.5. The highest BCUT2D eigenvalue weighted by atomic mass is 32.1. The quantitative estimate of drug-likeness (QED) is 0.806. The van der Waals surface area contributed by atoms with Crippen LogP contribution in [0.4, 0.5) is 0 Å². The third-order valence-electron chi connectivity index (χ3n) is 5.73. The predicted octanol–water partition coefficient (Wildman–Crippen LogP) is 1.14. The van der Waals surface area contributed by atoms with Gasteiger partial charge >= 0.3 is 0 Å². The number of hydrogen-bond donors (Lipinski definition) is 2. The van der Waals surface area contributed by atoms with Gasteiger partial charge in [-0.15, -0.1) is 11.3 Å². The zero-order valence-corrected chi connectivity index (χ0v) is 15.9. The van der Waals surface area contributed by atoms with Crippen LogP contribution in [0.3, 0.4) is 0 Å². The number of carbonyl (C=O) groups excluding carboxylic acids is 2. The van der Waals surface area contributed by atoms with Crippen LogP contribution in [0.25, 0.3) is 10.2 Å². The second kappa shape index (κ2) is 6.44. The third-order valence-corrected chi connectivity index (χ3v) is 6.91. The van der Waals surface area contributed by atoms with E-state index in [0.717, 1.165) is 42.3 Å². The number of aromatic nitrogens is 2. The predicted molar refractivity (Wildman–Crippen MR) is 102 cm³/mol. The zero-order chi connectivity index (χ0) is 18.5. The van der Waals surface area contributed by atoms with Gasteiger partial charge in [0.1, 0.15) is 10.7 Å². The lowest BCUT2D eigenvalue weighted by Gasteiger charge is -2.38. The molecule has 2 N–H and O–H groups in total. The summed E-state index contributed by atoms with van der Waals surface area (Å²) in [5.41, 5.74) is 1.09. The number of hydrogen-bond acceptors (Lipinski definition) is 5. The average molecular weight is 386 g/mol. The van der Waals surface area contributed by atoms with Gasteiger partial charge in [0.15, 0.2) is 0 Å². The Morgan fingerprint density at radius 2 is 2.07 bits per heavy atom. The molecule has 3 heterocycles. The molecule has 0 spiro atoms. The molecule has 2 aromatic rings. The van der Waals surface area contributed by atoms with Gasteiger partial charge in [0.2, 0.25) is 11.8 Å². The van der Waals surface area contributed by atoms with Crippen LogP contribution in [0.5, 0.6) is 0 Å². The molecular formula is C19H22N4O3S. The summed E-state index contributed by atoms with van der Waals surface area (Å²) in [6.07, 6.45) is 5.98. The van der Waals surface area contributed by atoms with E-state index in [1.54, 1.807) is 16.2 Å². The van der Waals surface area contributed by atoms with Gasteiger partial charge in [-0.3, -0.25) is 14.4 Å². The molecule has 142 valence electrons. The first kappa shape index (κ1) is 16.9. The number of nitrogens with zero attached hydrogens (tertiary/aromatic N) is 2. The minimum absolute atomic E-state index is 0.0156. The van der Waals surface area contributed by atoms with Crippen molar-refractivity contribution in [2.45, 2.75) is 51.0 Å². The molecule has 0 unspecified atom stereocenters. The van der Waals surface area contributed by atoms with E-state index in [-0.39, 0.29) is 23.3 Å². The number of carbonyl (C=O) groups is 2.